The molecule has 0 N–H and O–H groups in total. The lowest BCUT2D eigenvalue weighted by molar-refractivity contribution is -0.158. The van der Waals surface area contributed by atoms with Crippen molar-refractivity contribution in [3.05, 3.63) is 35.9 Å². The van der Waals surface area contributed by atoms with E-state index in [9.17, 15) is 9.59 Å². The van der Waals surface area contributed by atoms with E-state index in [1.165, 1.54) is 12.7 Å². The first kappa shape index (κ1) is 17.0. The van der Waals surface area contributed by atoms with Crippen LogP contribution in [0.1, 0.15) is 31.2 Å². The molecular formula is C19H26N2O3. The van der Waals surface area contributed by atoms with Gasteiger partial charge in [0.25, 0.3) is 0 Å². The Balaban J connectivity index is 1.68. The Morgan fingerprint density at radius 3 is 2.50 bits per heavy atom. The Morgan fingerprint density at radius 1 is 1.12 bits per heavy atom. The van der Waals surface area contributed by atoms with Gasteiger partial charge in [-0.3, -0.25) is 9.69 Å². The predicted molar refractivity (Wildman–Crippen MR) is 91.2 cm³/mol. The highest BCUT2D eigenvalue weighted by Crippen LogP contribution is 2.28. The molecular weight excluding hydrogens is 304 g/mol. The number of amides is 1. The summed E-state index contributed by atoms with van der Waals surface area (Å²) >= 11 is 0. The molecule has 1 aromatic rings. The van der Waals surface area contributed by atoms with Gasteiger partial charge in [-0.1, -0.05) is 43.2 Å². The van der Waals surface area contributed by atoms with Crippen LogP contribution in [0.25, 0.3) is 0 Å². The molecule has 0 radical (unpaired) electrons. The van der Waals surface area contributed by atoms with Crippen molar-refractivity contribution in [1.82, 2.24) is 9.80 Å². The van der Waals surface area contributed by atoms with Gasteiger partial charge < -0.3 is 9.64 Å². The molecule has 1 aliphatic carbocycles. The summed E-state index contributed by atoms with van der Waals surface area (Å²) < 4.78 is 4.97. The van der Waals surface area contributed by atoms with Crippen molar-refractivity contribution in [2.75, 3.05) is 26.7 Å². The zero-order chi connectivity index (χ0) is 16.9. The highest BCUT2D eigenvalue weighted by Gasteiger charge is 2.39. The van der Waals surface area contributed by atoms with Crippen molar-refractivity contribution < 1.29 is 14.3 Å². The van der Waals surface area contributed by atoms with E-state index in [1.54, 1.807) is 4.90 Å². The number of hydrogen-bond donors (Lipinski definition) is 0. The molecule has 1 atom stereocenters. The SMILES string of the molecule is COC(=O)C1CN(Cc2ccccc2)CCN1C(=O)C1CCCC1. The van der Waals surface area contributed by atoms with Gasteiger partial charge in [0, 0.05) is 32.1 Å². The fraction of sp³-hybridized carbons (Fsp3) is 0.579. The second-order valence-electron chi connectivity index (χ2n) is 6.77. The Bertz CT molecular complexity index is 569. The summed E-state index contributed by atoms with van der Waals surface area (Å²) in [6.45, 7) is 2.72. The van der Waals surface area contributed by atoms with Crippen LogP contribution in [0, 0.1) is 5.92 Å². The number of carbonyl (C=O) groups is 2. The molecule has 1 aromatic carbocycles. The number of piperazine rings is 1. The number of esters is 1. The van der Waals surface area contributed by atoms with Crippen molar-refractivity contribution in [3.63, 3.8) is 0 Å². The summed E-state index contributed by atoms with van der Waals surface area (Å²) in [5, 5.41) is 0. The van der Waals surface area contributed by atoms with Gasteiger partial charge in [0.1, 0.15) is 6.04 Å². The minimum absolute atomic E-state index is 0.0952. The molecule has 1 aliphatic heterocycles. The molecule has 0 aromatic heterocycles. The Labute approximate surface area is 143 Å². The minimum Gasteiger partial charge on any atom is -0.467 e. The van der Waals surface area contributed by atoms with Crippen LogP contribution in [-0.2, 0) is 20.9 Å². The molecule has 0 spiro atoms. The summed E-state index contributed by atoms with van der Waals surface area (Å²) in [7, 11) is 1.40. The normalized spacial score (nSPS) is 22.5. The lowest BCUT2D eigenvalue weighted by Crippen LogP contribution is -2.59. The maximum atomic E-state index is 12.8. The highest BCUT2D eigenvalue weighted by molar-refractivity contribution is 5.86. The zero-order valence-corrected chi connectivity index (χ0v) is 14.3. The first-order valence-corrected chi connectivity index (χ1v) is 8.83. The van der Waals surface area contributed by atoms with E-state index in [0.29, 0.717) is 13.1 Å². The van der Waals surface area contributed by atoms with Crippen LogP contribution in [0.2, 0.25) is 0 Å². The zero-order valence-electron chi connectivity index (χ0n) is 14.3. The van der Waals surface area contributed by atoms with E-state index >= 15 is 0 Å². The number of carbonyl (C=O) groups excluding carboxylic acids is 2. The molecule has 130 valence electrons. The summed E-state index contributed by atoms with van der Waals surface area (Å²) in [6.07, 6.45) is 4.15. The van der Waals surface area contributed by atoms with E-state index in [1.807, 2.05) is 18.2 Å². The van der Waals surface area contributed by atoms with Gasteiger partial charge in [-0.15, -0.1) is 0 Å². The van der Waals surface area contributed by atoms with Gasteiger partial charge in [-0.2, -0.15) is 0 Å². The number of rotatable bonds is 4. The van der Waals surface area contributed by atoms with Gasteiger partial charge in [0.15, 0.2) is 0 Å². The van der Waals surface area contributed by atoms with Crippen LogP contribution in [0.4, 0.5) is 0 Å². The Kier molecular flexibility index (Phi) is 5.51. The van der Waals surface area contributed by atoms with Gasteiger partial charge in [0.2, 0.25) is 5.91 Å². The third kappa shape index (κ3) is 3.78. The van der Waals surface area contributed by atoms with E-state index in [4.69, 9.17) is 4.74 Å². The van der Waals surface area contributed by atoms with Crippen LogP contribution in [0.5, 0.6) is 0 Å². The lowest BCUT2D eigenvalue weighted by Gasteiger charge is -2.41. The molecule has 5 heteroatoms. The van der Waals surface area contributed by atoms with Crippen LogP contribution in [-0.4, -0.2) is 54.5 Å². The monoisotopic (exact) mass is 330 g/mol. The van der Waals surface area contributed by atoms with Crippen molar-refractivity contribution >= 4 is 11.9 Å². The third-order valence-electron chi connectivity index (χ3n) is 5.17. The Morgan fingerprint density at radius 2 is 1.83 bits per heavy atom. The highest BCUT2D eigenvalue weighted by atomic mass is 16.5. The largest absolute Gasteiger partial charge is 0.467 e. The minimum atomic E-state index is -0.486. The van der Waals surface area contributed by atoms with Crippen LogP contribution >= 0.6 is 0 Å². The Hall–Kier alpha value is -1.88. The van der Waals surface area contributed by atoms with Crippen molar-refractivity contribution in [2.24, 2.45) is 5.92 Å². The van der Waals surface area contributed by atoms with Crippen LogP contribution < -0.4 is 0 Å². The second-order valence-corrected chi connectivity index (χ2v) is 6.77. The maximum Gasteiger partial charge on any atom is 0.329 e. The van der Waals surface area contributed by atoms with Gasteiger partial charge >= 0.3 is 5.97 Å². The number of nitrogens with zero attached hydrogens (tertiary/aromatic N) is 2. The smallest absolute Gasteiger partial charge is 0.329 e. The van der Waals surface area contributed by atoms with Gasteiger partial charge in [-0.05, 0) is 18.4 Å². The average molecular weight is 330 g/mol. The first-order valence-electron chi connectivity index (χ1n) is 8.83. The fourth-order valence-electron chi connectivity index (χ4n) is 3.83. The molecule has 1 amide bonds. The maximum absolute atomic E-state index is 12.8. The standard InChI is InChI=1S/C19H26N2O3/c1-24-19(23)17-14-20(13-15-7-3-2-4-8-15)11-12-21(17)18(22)16-9-5-6-10-16/h2-4,7-8,16-17H,5-6,9-14H2,1H3. The fourth-order valence-corrected chi connectivity index (χ4v) is 3.83. The third-order valence-corrected chi connectivity index (χ3v) is 5.17. The molecule has 1 saturated heterocycles. The van der Waals surface area contributed by atoms with E-state index in [-0.39, 0.29) is 17.8 Å². The number of methoxy groups -OCH3 is 1. The summed E-state index contributed by atoms with van der Waals surface area (Å²) in [4.78, 5) is 29.0. The van der Waals surface area contributed by atoms with Crippen molar-refractivity contribution in [2.45, 2.75) is 38.3 Å². The van der Waals surface area contributed by atoms with E-state index in [2.05, 4.69) is 17.0 Å². The average Bonchev–Trinajstić information content (AvgIpc) is 3.16. The van der Waals surface area contributed by atoms with Gasteiger partial charge in [0.05, 0.1) is 7.11 Å². The topological polar surface area (TPSA) is 49.9 Å². The molecule has 5 nitrogen and oxygen atoms in total. The van der Waals surface area contributed by atoms with Crippen LogP contribution in [0.15, 0.2) is 30.3 Å². The molecule has 3 rings (SSSR count). The summed E-state index contributed by atoms with van der Waals surface area (Å²) in [5.74, 6) is -0.0702. The van der Waals surface area contributed by atoms with E-state index in [0.717, 1.165) is 38.8 Å². The first-order chi connectivity index (χ1) is 11.7. The molecule has 2 fully saturated rings. The van der Waals surface area contributed by atoms with E-state index < -0.39 is 6.04 Å². The summed E-state index contributed by atoms with van der Waals surface area (Å²) in [6, 6.07) is 9.73. The van der Waals surface area contributed by atoms with Gasteiger partial charge in [-0.25, -0.2) is 4.79 Å². The lowest BCUT2D eigenvalue weighted by atomic mass is 10.0. The number of benzene rings is 1. The molecule has 1 saturated carbocycles. The number of hydrogen-bond acceptors (Lipinski definition) is 4. The number of ether oxygens (including phenoxy) is 1. The molecule has 2 aliphatic rings. The quantitative estimate of drug-likeness (QED) is 0.793. The molecule has 1 heterocycles. The van der Waals surface area contributed by atoms with Crippen molar-refractivity contribution in [1.29, 1.82) is 0 Å². The second kappa shape index (κ2) is 7.79. The molecule has 24 heavy (non-hydrogen) atoms. The molecule has 0 bridgehead atoms. The van der Waals surface area contributed by atoms with Crippen LogP contribution in [0.3, 0.4) is 0 Å². The summed E-state index contributed by atoms with van der Waals surface area (Å²) in [5.41, 5.74) is 1.22. The van der Waals surface area contributed by atoms with Crippen molar-refractivity contribution in [3.8, 4) is 0 Å². The predicted octanol–water partition coefficient (Wildman–Crippen LogP) is 2.06. The molecule has 1 unspecified atom stereocenters.